The van der Waals surface area contributed by atoms with E-state index in [4.69, 9.17) is 14.2 Å². The number of aliphatic hydroxyl groups excluding tert-OH is 4. The molecule has 8 nitrogen and oxygen atoms in total. The summed E-state index contributed by atoms with van der Waals surface area (Å²) in [4.78, 5) is 0. The van der Waals surface area contributed by atoms with E-state index in [1.807, 2.05) is 48.7 Å². The van der Waals surface area contributed by atoms with E-state index in [2.05, 4.69) is 4.57 Å². The molecule has 1 fully saturated rings. The standard InChI is InChI=1S/C23H27NO7/c1-29-16-7-5-14(6-8-16)9-11-24-12-10-15-3-2-4-17(19(15)24)30-23-22(28)21(27)20(26)18(13-25)31-23/h2-8,10,12,18,20-23,25-28H,9,11,13H2,1H3/t18-,20-,21+,22-,23-/m1/s1. The van der Waals surface area contributed by atoms with Crippen LogP contribution in [0.2, 0.25) is 0 Å². The van der Waals surface area contributed by atoms with Crippen LogP contribution >= 0.6 is 0 Å². The fraction of sp³-hybridized carbons (Fsp3) is 0.391. The maximum absolute atomic E-state index is 10.3. The molecule has 0 amide bonds. The highest BCUT2D eigenvalue weighted by Gasteiger charge is 2.44. The van der Waals surface area contributed by atoms with Crippen LogP contribution in [0.25, 0.3) is 10.9 Å². The fourth-order valence-electron chi connectivity index (χ4n) is 3.84. The van der Waals surface area contributed by atoms with Crippen molar-refractivity contribution in [3.63, 3.8) is 0 Å². The SMILES string of the molecule is COc1ccc(CCn2ccc3cccc(O[C@@H]4O[C@H](CO)[C@@H](O)[C@H](O)[C@H]4O)c32)cc1. The first kappa shape index (κ1) is 21.6. The van der Waals surface area contributed by atoms with E-state index < -0.39 is 37.3 Å². The van der Waals surface area contributed by atoms with Gasteiger partial charge in [-0.3, -0.25) is 0 Å². The average Bonchev–Trinajstić information content (AvgIpc) is 3.22. The predicted octanol–water partition coefficient (Wildman–Crippen LogP) is 1.07. The van der Waals surface area contributed by atoms with Gasteiger partial charge in [-0.15, -0.1) is 0 Å². The lowest BCUT2D eigenvalue weighted by atomic mass is 9.99. The van der Waals surface area contributed by atoms with Crippen LogP contribution < -0.4 is 9.47 Å². The number of aryl methyl sites for hydroxylation is 2. The monoisotopic (exact) mass is 429 g/mol. The molecule has 0 saturated carbocycles. The number of aliphatic hydroxyl groups is 4. The summed E-state index contributed by atoms with van der Waals surface area (Å²) in [5, 5.41) is 40.7. The van der Waals surface area contributed by atoms with Crippen molar-refractivity contribution < 1.29 is 34.6 Å². The molecule has 0 radical (unpaired) electrons. The van der Waals surface area contributed by atoms with Crippen LogP contribution in [0.5, 0.6) is 11.5 Å². The zero-order chi connectivity index (χ0) is 22.0. The van der Waals surface area contributed by atoms with Gasteiger partial charge in [0, 0.05) is 18.1 Å². The first-order chi connectivity index (χ1) is 15.0. The Labute approximate surface area is 179 Å². The Morgan fingerprint density at radius 1 is 0.968 bits per heavy atom. The molecule has 5 atom stereocenters. The third-order valence-corrected chi connectivity index (χ3v) is 5.64. The van der Waals surface area contributed by atoms with Gasteiger partial charge in [-0.1, -0.05) is 24.3 Å². The first-order valence-corrected chi connectivity index (χ1v) is 10.2. The lowest BCUT2D eigenvalue weighted by Crippen LogP contribution is -2.60. The van der Waals surface area contributed by atoms with Crippen molar-refractivity contribution in [2.75, 3.05) is 13.7 Å². The molecule has 8 heteroatoms. The molecule has 2 heterocycles. The largest absolute Gasteiger partial charge is 0.497 e. The number of fused-ring (bicyclic) bond motifs is 1. The van der Waals surface area contributed by atoms with Gasteiger partial charge in [-0.2, -0.15) is 0 Å². The van der Waals surface area contributed by atoms with Crippen LogP contribution in [0.3, 0.4) is 0 Å². The molecule has 2 aromatic carbocycles. The van der Waals surface area contributed by atoms with Gasteiger partial charge in [0.05, 0.1) is 19.2 Å². The van der Waals surface area contributed by atoms with Crippen molar-refractivity contribution in [2.45, 2.75) is 43.7 Å². The van der Waals surface area contributed by atoms with Gasteiger partial charge in [-0.05, 0) is 36.2 Å². The summed E-state index contributed by atoms with van der Waals surface area (Å²) in [6.07, 6.45) is -3.87. The van der Waals surface area contributed by atoms with Gasteiger partial charge >= 0.3 is 0 Å². The van der Waals surface area contributed by atoms with Crippen LogP contribution in [0.4, 0.5) is 0 Å². The topological polar surface area (TPSA) is 114 Å². The summed E-state index contributed by atoms with van der Waals surface area (Å²) in [6.45, 7) is 0.193. The van der Waals surface area contributed by atoms with E-state index in [1.165, 1.54) is 0 Å². The summed E-state index contributed by atoms with van der Waals surface area (Å²) in [5.41, 5.74) is 1.99. The molecule has 4 rings (SSSR count). The minimum Gasteiger partial charge on any atom is -0.497 e. The van der Waals surface area contributed by atoms with Crippen LogP contribution in [0, 0.1) is 0 Å². The first-order valence-electron chi connectivity index (χ1n) is 10.2. The Balaban J connectivity index is 1.55. The van der Waals surface area contributed by atoms with Crippen LogP contribution in [0.15, 0.2) is 54.7 Å². The maximum atomic E-state index is 10.3. The summed E-state index contributed by atoms with van der Waals surface area (Å²) in [5.74, 6) is 1.28. The highest BCUT2D eigenvalue weighted by molar-refractivity contribution is 5.86. The Hall–Kier alpha value is -2.62. The number of ether oxygens (including phenoxy) is 3. The zero-order valence-corrected chi connectivity index (χ0v) is 17.2. The molecule has 166 valence electrons. The number of nitrogens with zero attached hydrogens (tertiary/aromatic N) is 1. The van der Waals surface area contributed by atoms with Crippen molar-refractivity contribution in [1.82, 2.24) is 4.57 Å². The molecule has 31 heavy (non-hydrogen) atoms. The second-order valence-electron chi connectivity index (χ2n) is 7.62. The minimum atomic E-state index is -1.49. The number of hydrogen-bond donors (Lipinski definition) is 4. The van der Waals surface area contributed by atoms with Crippen LogP contribution in [-0.4, -0.2) is 69.4 Å². The lowest BCUT2D eigenvalue weighted by molar-refractivity contribution is -0.277. The molecule has 0 aliphatic carbocycles. The van der Waals surface area contributed by atoms with Crippen molar-refractivity contribution in [3.8, 4) is 11.5 Å². The molecule has 3 aromatic rings. The second-order valence-corrected chi connectivity index (χ2v) is 7.62. The van der Waals surface area contributed by atoms with Crippen molar-refractivity contribution in [3.05, 3.63) is 60.3 Å². The van der Waals surface area contributed by atoms with E-state index in [-0.39, 0.29) is 0 Å². The highest BCUT2D eigenvalue weighted by Crippen LogP contribution is 2.31. The molecule has 1 aromatic heterocycles. The molecule has 0 bridgehead atoms. The highest BCUT2D eigenvalue weighted by atomic mass is 16.7. The third kappa shape index (κ3) is 4.39. The number of aromatic nitrogens is 1. The summed E-state index contributed by atoms with van der Waals surface area (Å²) >= 11 is 0. The maximum Gasteiger partial charge on any atom is 0.229 e. The fourth-order valence-corrected chi connectivity index (χ4v) is 3.84. The lowest BCUT2D eigenvalue weighted by Gasteiger charge is -2.39. The molecule has 4 N–H and O–H groups in total. The van der Waals surface area contributed by atoms with E-state index in [1.54, 1.807) is 13.2 Å². The molecule has 1 aliphatic heterocycles. The summed E-state index contributed by atoms with van der Waals surface area (Å²) in [6, 6.07) is 15.4. The van der Waals surface area contributed by atoms with Gasteiger partial charge in [-0.25, -0.2) is 0 Å². The molecule has 1 aliphatic rings. The number of hydrogen-bond acceptors (Lipinski definition) is 7. The summed E-state index contributed by atoms with van der Waals surface area (Å²) < 4.78 is 18.7. The third-order valence-electron chi connectivity index (χ3n) is 5.64. The number of methoxy groups -OCH3 is 1. The van der Waals surface area contributed by atoms with Crippen molar-refractivity contribution in [2.24, 2.45) is 0 Å². The van der Waals surface area contributed by atoms with Crippen LogP contribution in [-0.2, 0) is 17.7 Å². The van der Waals surface area contributed by atoms with Gasteiger partial charge in [0.1, 0.15) is 35.9 Å². The Kier molecular flexibility index (Phi) is 6.45. The Morgan fingerprint density at radius 2 is 1.74 bits per heavy atom. The predicted molar refractivity (Wildman–Crippen MR) is 113 cm³/mol. The second kappa shape index (κ2) is 9.25. The molecule has 1 saturated heterocycles. The number of para-hydroxylation sites is 1. The van der Waals surface area contributed by atoms with Gasteiger partial charge in [0.15, 0.2) is 0 Å². The average molecular weight is 429 g/mol. The minimum absolute atomic E-state index is 0.474. The van der Waals surface area contributed by atoms with Crippen molar-refractivity contribution in [1.29, 1.82) is 0 Å². The Bertz CT molecular complexity index is 1000. The van der Waals surface area contributed by atoms with Gasteiger partial charge < -0.3 is 39.2 Å². The van der Waals surface area contributed by atoms with Crippen molar-refractivity contribution >= 4 is 10.9 Å². The smallest absolute Gasteiger partial charge is 0.229 e. The van der Waals surface area contributed by atoms with Gasteiger partial charge in [0.25, 0.3) is 0 Å². The van der Waals surface area contributed by atoms with Gasteiger partial charge in [0.2, 0.25) is 6.29 Å². The normalized spacial score (nSPS) is 26.2. The summed E-state index contributed by atoms with van der Waals surface area (Å²) in [7, 11) is 1.64. The van der Waals surface area contributed by atoms with E-state index >= 15 is 0 Å². The quantitative estimate of drug-likeness (QED) is 0.444. The molecule has 0 spiro atoms. The zero-order valence-electron chi connectivity index (χ0n) is 17.2. The molecular weight excluding hydrogens is 402 g/mol. The van der Waals surface area contributed by atoms with E-state index in [0.29, 0.717) is 12.3 Å². The Morgan fingerprint density at radius 3 is 2.45 bits per heavy atom. The number of benzene rings is 2. The molecular formula is C23H27NO7. The van der Waals surface area contributed by atoms with Crippen LogP contribution in [0.1, 0.15) is 5.56 Å². The van der Waals surface area contributed by atoms with E-state index in [9.17, 15) is 20.4 Å². The van der Waals surface area contributed by atoms with E-state index in [0.717, 1.165) is 28.6 Å². The molecule has 0 unspecified atom stereocenters. The number of rotatable bonds is 7.